The van der Waals surface area contributed by atoms with Crippen LogP contribution in [-0.2, 0) is 12.0 Å². The van der Waals surface area contributed by atoms with E-state index >= 15 is 0 Å². The highest BCUT2D eigenvalue weighted by atomic mass is 15.0. The first-order valence-corrected chi connectivity index (χ1v) is 8.59. The molecule has 120 valence electrons. The topological polar surface area (TPSA) is 4.93 Å². The number of hydrogen-bond acceptors (Lipinski definition) is 0. The summed E-state index contributed by atoms with van der Waals surface area (Å²) in [6, 6.07) is 26.4. The molecule has 4 aromatic rings. The summed E-state index contributed by atoms with van der Waals surface area (Å²) in [7, 11) is 0. The van der Waals surface area contributed by atoms with Gasteiger partial charge in [-0.1, -0.05) is 81.4 Å². The number of para-hydroxylation sites is 2. The maximum absolute atomic E-state index is 2.43. The van der Waals surface area contributed by atoms with Crippen LogP contribution in [0, 0.1) is 0 Å². The average Bonchev–Trinajstić information content (AvgIpc) is 2.89. The summed E-state index contributed by atoms with van der Waals surface area (Å²) in [5.74, 6) is 0. The molecular weight excluding hydrogens is 290 g/mol. The van der Waals surface area contributed by atoms with Crippen LogP contribution in [0.15, 0.2) is 72.8 Å². The standard InChI is InChI=1S/C23H23N/c1-23(2,3)18-14-12-17(13-15-18)16-24-21-10-6-4-8-19(21)20-9-5-7-11-22(20)24/h4-15H,16H2,1-3H3. The van der Waals surface area contributed by atoms with Gasteiger partial charge in [0, 0.05) is 28.4 Å². The van der Waals surface area contributed by atoms with E-state index in [-0.39, 0.29) is 5.41 Å². The Bertz CT molecular complexity index is 945. The molecule has 0 unspecified atom stereocenters. The van der Waals surface area contributed by atoms with Gasteiger partial charge in [-0.3, -0.25) is 0 Å². The van der Waals surface area contributed by atoms with Gasteiger partial charge in [0.1, 0.15) is 0 Å². The second-order valence-electron chi connectivity index (χ2n) is 7.57. The van der Waals surface area contributed by atoms with Crippen LogP contribution in [0.2, 0.25) is 0 Å². The molecule has 0 aliphatic carbocycles. The van der Waals surface area contributed by atoms with Crippen LogP contribution in [0.5, 0.6) is 0 Å². The third-order valence-corrected chi connectivity index (χ3v) is 4.84. The highest BCUT2D eigenvalue weighted by Crippen LogP contribution is 2.30. The molecule has 0 spiro atoms. The summed E-state index contributed by atoms with van der Waals surface area (Å²) < 4.78 is 2.43. The van der Waals surface area contributed by atoms with Crippen molar-refractivity contribution in [2.24, 2.45) is 0 Å². The molecule has 4 rings (SSSR count). The van der Waals surface area contributed by atoms with Gasteiger partial charge < -0.3 is 4.57 Å². The Balaban J connectivity index is 1.81. The molecule has 0 N–H and O–H groups in total. The van der Waals surface area contributed by atoms with E-state index in [1.54, 1.807) is 0 Å². The molecule has 1 heteroatoms. The maximum Gasteiger partial charge on any atom is 0.0494 e. The first-order chi connectivity index (χ1) is 11.5. The lowest BCUT2D eigenvalue weighted by Crippen LogP contribution is -2.11. The largest absolute Gasteiger partial charge is 0.336 e. The van der Waals surface area contributed by atoms with E-state index in [0.717, 1.165) is 6.54 Å². The van der Waals surface area contributed by atoms with Gasteiger partial charge in [-0.2, -0.15) is 0 Å². The summed E-state index contributed by atoms with van der Waals surface area (Å²) >= 11 is 0. The number of rotatable bonds is 2. The van der Waals surface area contributed by atoms with E-state index in [0.29, 0.717) is 0 Å². The first-order valence-electron chi connectivity index (χ1n) is 8.59. The molecule has 0 radical (unpaired) electrons. The average molecular weight is 313 g/mol. The molecule has 3 aromatic carbocycles. The monoisotopic (exact) mass is 313 g/mol. The van der Waals surface area contributed by atoms with Crippen molar-refractivity contribution in [3.05, 3.63) is 83.9 Å². The van der Waals surface area contributed by atoms with Crippen LogP contribution < -0.4 is 0 Å². The van der Waals surface area contributed by atoms with E-state index < -0.39 is 0 Å². The summed E-state index contributed by atoms with van der Waals surface area (Å²) in [4.78, 5) is 0. The second-order valence-corrected chi connectivity index (χ2v) is 7.57. The Kier molecular flexibility index (Phi) is 3.45. The lowest BCUT2D eigenvalue weighted by Gasteiger charge is -2.19. The lowest BCUT2D eigenvalue weighted by atomic mass is 9.87. The molecule has 0 fully saturated rings. The van der Waals surface area contributed by atoms with Gasteiger partial charge in [0.15, 0.2) is 0 Å². The third kappa shape index (κ3) is 2.50. The van der Waals surface area contributed by atoms with Gasteiger partial charge in [-0.25, -0.2) is 0 Å². The zero-order valence-electron chi connectivity index (χ0n) is 14.6. The molecule has 1 nitrogen and oxygen atoms in total. The van der Waals surface area contributed by atoms with Crippen LogP contribution >= 0.6 is 0 Å². The Hall–Kier alpha value is -2.54. The van der Waals surface area contributed by atoms with Crippen molar-refractivity contribution in [2.45, 2.75) is 32.7 Å². The predicted molar refractivity (Wildman–Crippen MR) is 104 cm³/mol. The Morgan fingerprint density at radius 3 is 1.67 bits per heavy atom. The van der Waals surface area contributed by atoms with Crippen molar-refractivity contribution in [1.82, 2.24) is 4.57 Å². The number of nitrogens with zero attached hydrogens (tertiary/aromatic N) is 1. The van der Waals surface area contributed by atoms with Gasteiger partial charge in [-0.15, -0.1) is 0 Å². The summed E-state index contributed by atoms with van der Waals surface area (Å²) in [5, 5.41) is 2.67. The van der Waals surface area contributed by atoms with Crippen molar-refractivity contribution in [3.8, 4) is 0 Å². The van der Waals surface area contributed by atoms with E-state index in [4.69, 9.17) is 0 Å². The quantitative estimate of drug-likeness (QED) is 0.419. The van der Waals surface area contributed by atoms with Crippen LogP contribution in [0.4, 0.5) is 0 Å². The molecule has 0 saturated heterocycles. The molecule has 0 aliphatic rings. The maximum atomic E-state index is 2.43. The summed E-state index contributed by atoms with van der Waals surface area (Å²) in [5.41, 5.74) is 5.53. The lowest BCUT2D eigenvalue weighted by molar-refractivity contribution is 0.590. The van der Waals surface area contributed by atoms with E-state index in [2.05, 4.69) is 98.1 Å². The van der Waals surface area contributed by atoms with E-state index in [1.165, 1.54) is 32.9 Å². The van der Waals surface area contributed by atoms with Gasteiger partial charge in [0.2, 0.25) is 0 Å². The van der Waals surface area contributed by atoms with Gasteiger partial charge in [0.25, 0.3) is 0 Å². The molecule has 24 heavy (non-hydrogen) atoms. The molecule has 1 aromatic heterocycles. The van der Waals surface area contributed by atoms with Gasteiger partial charge >= 0.3 is 0 Å². The second kappa shape index (κ2) is 5.52. The Morgan fingerprint density at radius 2 is 1.17 bits per heavy atom. The highest BCUT2D eigenvalue weighted by molar-refractivity contribution is 6.08. The fourth-order valence-corrected chi connectivity index (χ4v) is 3.47. The van der Waals surface area contributed by atoms with Crippen molar-refractivity contribution in [1.29, 1.82) is 0 Å². The van der Waals surface area contributed by atoms with Crippen LogP contribution in [0.1, 0.15) is 31.9 Å². The Labute approximate surface area is 143 Å². The first kappa shape index (κ1) is 15.0. The molecule has 1 heterocycles. The normalized spacial score (nSPS) is 12.1. The minimum Gasteiger partial charge on any atom is -0.336 e. The molecule has 0 atom stereocenters. The summed E-state index contributed by atoms with van der Waals surface area (Å²) in [6.45, 7) is 7.68. The smallest absolute Gasteiger partial charge is 0.0494 e. The zero-order chi connectivity index (χ0) is 16.7. The number of benzene rings is 3. The third-order valence-electron chi connectivity index (χ3n) is 4.84. The van der Waals surface area contributed by atoms with Crippen molar-refractivity contribution < 1.29 is 0 Å². The highest BCUT2D eigenvalue weighted by Gasteiger charge is 2.14. The van der Waals surface area contributed by atoms with Crippen molar-refractivity contribution >= 4 is 21.8 Å². The van der Waals surface area contributed by atoms with E-state index in [9.17, 15) is 0 Å². The number of aromatic nitrogens is 1. The fraction of sp³-hybridized carbons (Fsp3) is 0.217. The molecule has 0 saturated carbocycles. The van der Waals surface area contributed by atoms with Crippen LogP contribution in [0.25, 0.3) is 21.8 Å². The van der Waals surface area contributed by atoms with Crippen molar-refractivity contribution in [2.75, 3.05) is 0 Å². The SMILES string of the molecule is CC(C)(C)c1ccc(Cn2c3ccccc3c3ccccc32)cc1. The molecule has 0 amide bonds. The summed E-state index contributed by atoms with van der Waals surface area (Å²) in [6.07, 6.45) is 0. The minimum absolute atomic E-state index is 0.200. The van der Waals surface area contributed by atoms with Gasteiger partial charge in [-0.05, 0) is 28.7 Å². The molecular formula is C23H23N. The van der Waals surface area contributed by atoms with Crippen LogP contribution in [0.3, 0.4) is 0 Å². The van der Waals surface area contributed by atoms with Crippen LogP contribution in [-0.4, -0.2) is 4.57 Å². The molecule has 0 bridgehead atoms. The number of fused-ring (bicyclic) bond motifs is 3. The predicted octanol–water partition coefficient (Wildman–Crippen LogP) is 6.14. The molecule has 0 aliphatic heterocycles. The zero-order valence-corrected chi connectivity index (χ0v) is 14.6. The Morgan fingerprint density at radius 1 is 0.667 bits per heavy atom. The van der Waals surface area contributed by atoms with E-state index in [1.807, 2.05) is 0 Å². The fourth-order valence-electron chi connectivity index (χ4n) is 3.47. The minimum atomic E-state index is 0.200. The van der Waals surface area contributed by atoms with Crippen molar-refractivity contribution in [3.63, 3.8) is 0 Å². The van der Waals surface area contributed by atoms with Gasteiger partial charge in [0.05, 0.1) is 0 Å². The number of hydrogen-bond donors (Lipinski definition) is 0.